The highest BCUT2D eigenvalue weighted by atomic mass is 16.5. The van der Waals surface area contributed by atoms with E-state index >= 15 is 0 Å². The summed E-state index contributed by atoms with van der Waals surface area (Å²) in [5.41, 5.74) is 1.11. The molecule has 0 saturated heterocycles. The number of imidazole rings is 1. The van der Waals surface area contributed by atoms with Gasteiger partial charge in [-0.3, -0.25) is 0 Å². The van der Waals surface area contributed by atoms with Crippen LogP contribution in [0.15, 0.2) is 6.20 Å². The zero-order valence-corrected chi connectivity index (χ0v) is 13.0. The SMILES string of the molecule is CCCCOCCCNc1nc(C)cn1C1CCCC1. The molecule has 0 amide bonds. The van der Waals surface area contributed by atoms with Gasteiger partial charge in [-0.1, -0.05) is 26.2 Å². The molecule has 0 aliphatic heterocycles. The van der Waals surface area contributed by atoms with Gasteiger partial charge in [-0.15, -0.1) is 0 Å². The number of rotatable bonds is 9. The summed E-state index contributed by atoms with van der Waals surface area (Å²) >= 11 is 0. The fourth-order valence-electron chi connectivity index (χ4n) is 2.83. The Hall–Kier alpha value is -1.03. The first kappa shape index (κ1) is 15.4. The van der Waals surface area contributed by atoms with E-state index in [1.165, 1.54) is 38.5 Å². The standard InChI is InChI=1S/C16H29N3O/c1-3-4-11-20-12-7-10-17-16-18-14(2)13-19(16)15-8-5-6-9-15/h13,15H,3-12H2,1-2H3,(H,17,18). The van der Waals surface area contributed by atoms with E-state index in [4.69, 9.17) is 4.74 Å². The minimum Gasteiger partial charge on any atom is -0.381 e. The number of aryl methyl sites for hydroxylation is 1. The lowest BCUT2D eigenvalue weighted by molar-refractivity contribution is 0.131. The summed E-state index contributed by atoms with van der Waals surface area (Å²) in [5, 5.41) is 3.47. The Bertz CT molecular complexity index is 383. The topological polar surface area (TPSA) is 39.1 Å². The number of hydrogen-bond acceptors (Lipinski definition) is 3. The number of nitrogens with one attached hydrogen (secondary N) is 1. The fourth-order valence-corrected chi connectivity index (χ4v) is 2.83. The van der Waals surface area contributed by atoms with Crippen LogP contribution in [0.5, 0.6) is 0 Å². The number of unbranched alkanes of at least 4 members (excludes halogenated alkanes) is 1. The van der Waals surface area contributed by atoms with E-state index in [0.29, 0.717) is 6.04 Å². The minimum atomic E-state index is 0.652. The molecule has 1 aliphatic rings. The van der Waals surface area contributed by atoms with Gasteiger partial charge in [-0.05, 0) is 32.6 Å². The van der Waals surface area contributed by atoms with E-state index in [1.54, 1.807) is 0 Å². The van der Waals surface area contributed by atoms with Crippen LogP contribution < -0.4 is 5.32 Å². The molecule has 0 atom stereocenters. The second-order valence-electron chi connectivity index (χ2n) is 5.80. The van der Waals surface area contributed by atoms with E-state index in [0.717, 1.165) is 37.8 Å². The van der Waals surface area contributed by atoms with Gasteiger partial charge in [0.2, 0.25) is 5.95 Å². The Morgan fingerprint density at radius 1 is 1.30 bits per heavy atom. The first-order valence-corrected chi connectivity index (χ1v) is 8.18. The van der Waals surface area contributed by atoms with Crippen LogP contribution in [0.4, 0.5) is 5.95 Å². The number of anilines is 1. The van der Waals surface area contributed by atoms with Crippen molar-refractivity contribution in [1.29, 1.82) is 0 Å². The van der Waals surface area contributed by atoms with Crippen molar-refractivity contribution in [3.8, 4) is 0 Å². The molecular formula is C16H29N3O. The van der Waals surface area contributed by atoms with Crippen LogP contribution in [0, 0.1) is 6.92 Å². The predicted molar refractivity (Wildman–Crippen MR) is 83.3 cm³/mol. The van der Waals surface area contributed by atoms with Crippen LogP contribution in [-0.4, -0.2) is 29.3 Å². The van der Waals surface area contributed by atoms with Crippen LogP contribution in [0.2, 0.25) is 0 Å². The van der Waals surface area contributed by atoms with Crippen molar-refractivity contribution >= 4 is 5.95 Å². The van der Waals surface area contributed by atoms with Crippen molar-refractivity contribution in [2.75, 3.05) is 25.1 Å². The molecule has 1 saturated carbocycles. The summed E-state index contributed by atoms with van der Waals surface area (Å²) in [6.45, 7) is 6.94. The van der Waals surface area contributed by atoms with Crippen molar-refractivity contribution in [2.24, 2.45) is 0 Å². The first-order valence-electron chi connectivity index (χ1n) is 8.18. The maximum absolute atomic E-state index is 5.58. The maximum Gasteiger partial charge on any atom is 0.203 e. The second-order valence-corrected chi connectivity index (χ2v) is 5.80. The molecule has 1 aliphatic carbocycles. The highest BCUT2D eigenvalue weighted by molar-refractivity contribution is 5.29. The van der Waals surface area contributed by atoms with Gasteiger partial charge in [-0.2, -0.15) is 0 Å². The molecule has 1 heterocycles. The summed E-state index contributed by atoms with van der Waals surface area (Å²) in [4.78, 5) is 4.61. The predicted octanol–water partition coefficient (Wildman–Crippen LogP) is 3.93. The summed E-state index contributed by atoms with van der Waals surface area (Å²) in [6, 6.07) is 0.652. The zero-order chi connectivity index (χ0) is 14.2. The molecule has 1 aromatic heterocycles. The molecule has 0 radical (unpaired) electrons. The van der Waals surface area contributed by atoms with Gasteiger partial charge in [-0.25, -0.2) is 4.98 Å². The van der Waals surface area contributed by atoms with Gasteiger partial charge >= 0.3 is 0 Å². The third-order valence-corrected chi connectivity index (χ3v) is 3.96. The molecule has 0 aromatic carbocycles. The maximum atomic E-state index is 5.58. The van der Waals surface area contributed by atoms with E-state index in [-0.39, 0.29) is 0 Å². The number of nitrogens with zero attached hydrogens (tertiary/aromatic N) is 2. The molecule has 4 heteroatoms. The van der Waals surface area contributed by atoms with Crippen LogP contribution in [-0.2, 0) is 4.74 Å². The smallest absolute Gasteiger partial charge is 0.203 e. The molecule has 2 rings (SSSR count). The van der Waals surface area contributed by atoms with E-state index in [1.807, 2.05) is 0 Å². The van der Waals surface area contributed by atoms with Crippen molar-refractivity contribution in [3.63, 3.8) is 0 Å². The quantitative estimate of drug-likeness (QED) is 0.696. The average Bonchev–Trinajstić information content (AvgIpc) is 3.07. The summed E-state index contributed by atoms with van der Waals surface area (Å²) < 4.78 is 7.93. The van der Waals surface area contributed by atoms with E-state index in [9.17, 15) is 0 Å². The van der Waals surface area contributed by atoms with E-state index < -0.39 is 0 Å². The Balaban J connectivity index is 1.72. The molecule has 114 valence electrons. The number of hydrogen-bond donors (Lipinski definition) is 1. The highest BCUT2D eigenvalue weighted by Crippen LogP contribution is 2.31. The number of ether oxygens (including phenoxy) is 1. The lowest BCUT2D eigenvalue weighted by Crippen LogP contribution is -2.13. The Labute approximate surface area is 122 Å². The third kappa shape index (κ3) is 4.51. The largest absolute Gasteiger partial charge is 0.381 e. The molecule has 4 nitrogen and oxygen atoms in total. The Morgan fingerprint density at radius 2 is 2.05 bits per heavy atom. The second kappa shape index (κ2) is 8.30. The Morgan fingerprint density at radius 3 is 2.80 bits per heavy atom. The molecule has 1 aromatic rings. The lowest BCUT2D eigenvalue weighted by Gasteiger charge is -2.15. The van der Waals surface area contributed by atoms with Gasteiger partial charge in [0, 0.05) is 32.0 Å². The van der Waals surface area contributed by atoms with Crippen LogP contribution in [0.1, 0.15) is 63.6 Å². The monoisotopic (exact) mass is 279 g/mol. The molecule has 0 bridgehead atoms. The van der Waals surface area contributed by atoms with Gasteiger partial charge in [0.1, 0.15) is 0 Å². The van der Waals surface area contributed by atoms with Gasteiger partial charge in [0.25, 0.3) is 0 Å². The van der Waals surface area contributed by atoms with Crippen molar-refractivity contribution in [3.05, 3.63) is 11.9 Å². The van der Waals surface area contributed by atoms with Crippen molar-refractivity contribution in [2.45, 2.75) is 64.8 Å². The molecule has 20 heavy (non-hydrogen) atoms. The average molecular weight is 279 g/mol. The van der Waals surface area contributed by atoms with Crippen molar-refractivity contribution < 1.29 is 4.74 Å². The highest BCUT2D eigenvalue weighted by Gasteiger charge is 2.19. The molecule has 1 fully saturated rings. The fraction of sp³-hybridized carbons (Fsp3) is 0.812. The van der Waals surface area contributed by atoms with Crippen molar-refractivity contribution in [1.82, 2.24) is 9.55 Å². The first-order chi connectivity index (χ1) is 9.81. The lowest BCUT2D eigenvalue weighted by atomic mass is 10.2. The normalized spacial score (nSPS) is 15.9. The molecule has 0 unspecified atom stereocenters. The Kier molecular flexibility index (Phi) is 6.37. The summed E-state index contributed by atoms with van der Waals surface area (Å²) in [5.74, 6) is 1.04. The van der Waals surface area contributed by atoms with Crippen LogP contribution >= 0.6 is 0 Å². The molecular weight excluding hydrogens is 250 g/mol. The van der Waals surface area contributed by atoms with Gasteiger partial charge in [0.05, 0.1) is 5.69 Å². The van der Waals surface area contributed by atoms with E-state index in [2.05, 4.69) is 34.9 Å². The van der Waals surface area contributed by atoms with Gasteiger partial charge in [0.15, 0.2) is 0 Å². The summed E-state index contributed by atoms with van der Waals surface area (Å²) in [7, 11) is 0. The van der Waals surface area contributed by atoms with Crippen LogP contribution in [0.3, 0.4) is 0 Å². The van der Waals surface area contributed by atoms with Gasteiger partial charge < -0.3 is 14.6 Å². The zero-order valence-electron chi connectivity index (χ0n) is 13.0. The minimum absolute atomic E-state index is 0.652. The summed E-state index contributed by atoms with van der Waals surface area (Å²) in [6.07, 6.45) is 10.9. The number of aromatic nitrogens is 2. The van der Waals surface area contributed by atoms with Crippen LogP contribution in [0.25, 0.3) is 0 Å². The molecule has 0 spiro atoms. The third-order valence-electron chi connectivity index (χ3n) is 3.96. The molecule has 1 N–H and O–H groups in total.